The number of pyridine rings is 1. The summed E-state index contributed by atoms with van der Waals surface area (Å²) in [6, 6.07) is 13.4. The monoisotopic (exact) mass is 393 g/mol. The molecule has 1 aliphatic heterocycles. The van der Waals surface area contributed by atoms with Gasteiger partial charge in [-0.2, -0.15) is 4.57 Å². The molecule has 1 aromatic heterocycles. The number of hydrogen-bond donors (Lipinski definition) is 2. The molecule has 1 fully saturated rings. The highest BCUT2D eigenvalue weighted by atomic mass is 16.7. The van der Waals surface area contributed by atoms with Crippen LogP contribution in [0.3, 0.4) is 0 Å². The van der Waals surface area contributed by atoms with E-state index in [0.717, 1.165) is 21.8 Å². The fraction of sp³-hybridized carbons (Fsp3) is 0.238. The van der Waals surface area contributed by atoms with E-state index in [1.165, 1.54) is 0 Å². The van der Waals surface area contributed by atoms with Crippen molar-refractivity contribution in [3.8, 4) is 0 Å². The van der Waals surface area contributed by atoms with Gasteiger partial charge in [0.15, 0.2) is 0 Å². The van der Waals surface area contributed by atoms with Gasteiger partial charge in [-0.25, -0.2) is 4.79 Å². The molecule has 4 rings (SSSR count). The summed E-state index contributed by atoms with van der Waals surface area (Å²) in [7, 11) is 0. The number of fused-ring (bicyclic) bond motifs is 2. The van der Waals surface area contributed by atoms with Crippen molar-refractivity contribution in [3.05, 3.63) is 42.5 Å². The van der Waals surface area contributed by atoms with Gasteiger partial charge in [-0.15, -0.1) is 5.06 Å². The van der Waals surface area contributed by atoms with Crippen LogP contribution in [0.1, 0.15) is 25.7 Å². The van der Waals surface area contributed by atoms with Gasteiger partial charge in [-0.3, -0.25) is 9.59 Å². The molecule has 0 radical (unpaired) electrons. The molecule has 0 unspecified atom stereocenters. The molecule has 3 aromatic rings. The molecule has 0 aliphatic carbocycles. The van der Waals surface area contributed by atoms with E-state index < -0.39 is 17.8 Å². The lowest BCUT2D eigenvalue weighted by atomic mass is 10.1. The van der Waals surface area contributed by atoms with E-state index >= 15 is 0 Å². The Kier molecular flexibility index (Phi) is 4.75. The minimum absolute atomic E-state index is 0.0621. The molecule has 0 saturated carbocycles. The number of aromatic nitrogens is 1. The Bertz CT molecular complexity index is 1080. The van der Waals surface area contributed by atoms with Crippen LogP contribution in [0.15, 0.2) is 42.5 Å². The fourth-order valence-electron chi connectivity index (χ4n) is 3.56. The van der Waals surface area contributed by atoms with E-state index in [0.29, 0.717) is 29.4 Å². The third-order valence-corrected chi connectivity index (χ3v) is 4.96. The number of benzene rings is 2. The molecule has 29 heavy (non-hydrogen) atoms. The molecule has 8 nitrogen and oxygen atoms in total. The van der Waals surface area contributed by atoms with Crippen LogP contribution in [-0.2, 0) is 25.8 Å². The molecule has 148 valence electrons. The number of aryl methyl sites for hydroxylation is 1. The van der Waals surface area contributed by atoms with Crippen molar-refractivity contribution in [2.75, 3.05) is 11.5 Å². The zero-order valence-electron chi connectivity index (χ0n) is 15.8. The third kappa shape index (κ3) is 3.69. The maximum atomic E-state index is 12.1. The first kappa shape index (κ1) is 18.7. The normalized spacial score (nSPS) is 14.1. The van der Waals surface area contributed by atoms with Gasteiger partial charge >= 0.3 is 5.97 Å². The Morgan fingerprint density at radius 3 is 2.03 bits per heavy atom. The van der Waals surface area contributed by atoms with Gasteiger partial charge < -0.3 is 16.3 Å². The summed E-state index contributed by atoms with van der Waals surface area (Å²) in [5, 5.41) is 2.61. The average Bonchev–Trinajstić information content (AvgIpc) is 3.00. The van der Waals surface area contributed by atoms with Crippen LogP contribution in [0.25, 0.3) is 21.8 Å². The zero-order valence-corrected chi connectivity index (χ0v) is 15.8. The summed E-state index contributed by atoms with van der Waals surface area (Å²) in [5.74, 6) is -1.58. The smallest absolute Gasteiger partial charge is 0.333 e. The van der Waals surface area contributed by atoms with E-state index in [-0.39, 0.29) is 19.3 Å². The maximum Gasteiger partial charge on any atom is 0.333 e. The molecule has 0 spiro atoms. The number of nitrogens with zero attached hydrogens (tertiary/aromatic N) is 2. The van der Waals surface area contributed by atoms with E-state index in [4.69, 9.17) is 16.3 Å². The summed E-state index contributed by atoms with van der Waals surface area (Å²) in [4.78, 5) is 40.2. The van der Waals surface area contributed by atoms with Gasteiger partial charge in [0.25, 0.3) is 11.8 Å². The van der Waals surface area contributed by atoms with E-state index in [2.05, 4.69) is 10.6 Å². The molecular weight excluding hydrogens is 372 g/mol. The zero-order chi connectivity index (χ0) is 20.5. The van der Waals surface area contributed by atoms with Crippen LogP contribution in [0.2, 0.25) is 0 Å². The van der Waals surface area contributed by atoms with Gasteiger partial charge in [0.05, 0.1) is 6.42 Å². The first-order valence-corrected chi connectivity index (χ1v) is 9.40. The van der Waals surface area contributed by atoms with Crippen LogP contribution in [0, 0.1) is 0 Å². The first-order valence-electron chi connectivity index (χ1n) is 9.40. The number of carbonyl (C=O) groups excluding carboxylic acids is 3. The SMILES string of the molecule is Nc1ccc2cc3ccc(N)cc3[n+](CCCC(=O)ON3C(=O)CCC3=O)c2c1. The van der Waals surface area contributed by atoms with E-state index in [1.54, 1.807) is 0 Å². The van der Waals surface area contributed by atoms with Crippen LogP contribution < -0.4 is 16.0 Å². The molecular formula is C21H21N4O4+. The van der Waals surface area contributed by atoms with E-state index in [9.17, 15) is 14.4 Å². The van der Waals surface area contributed by atoms with Crippen LogP contribution in [0.5, 0.6) is 0 Å². The Morgan fingerprint density at radius 2 is 1.48 bits per heavy atom. The van der Waals surface area contributed by atoms with Crippen molar-refractivity contribution in [3.63, 3.8) is 0 Å². The number of imide groups is 1. The molecule has 2 aromatic carbocycles. The lowest BCUT2D eigenvalue weighted by Crippen LogP contribution is -2.36. The summed E-state index contributed by atoms with van der Waals surface area (Å²) in [6.45, 7) is 0.512. The van der Waals surface area contributed by atoms with Crippen LogP contribution in [-0.4, -0.2) is 22.8 Å². The lowest BCUT2D eigenvalue weighted by molar-refractivity contribution is -0.645. The van der Waals surface area contributed by atoms with Crippen LogP contribution in [0.4, 0.5) is 11.4 Å². The Balaban J connectivity index is 1.57. The van der Waals surface area contributed by atoms with Gasteiger partial charge in [-0.05, 0) is 30.3 Å². The van der Waals surface area contributed by atoms with Crippen molar-refractivity contribution in [1.82, 2.24) is 5.06 Å². The second kappa shape index (κ2) is 7.38. The van der Waals surface area contributed by atoms with Gasteiger partial charge in [0.1, 0.15) is 6.54 Å². The number of carbonyl (C=O) groups is 3. The second-order valence-corrected chi connectivity index (χ2v) is 7.08. The van der Waals surface area contributed by atoms with E-state index in [1.807, 2.05) is 36.4 Å². The summed E-state index contributed by atoms with van der Waals surface area (Å²) >= 11 is 0. The van der Waals surface area contributed by atoms with Crippen molar-refractivity contribution in [1.29, 1.82) is 0 Å². The highest BCUT2D eigenvalue weighted by molar-refractivity contribution is 6.01. The Hall–Kier alpha value is -3.68. The molecule has 1 saturated heterocycles. The van der Waals surface area contributed by atoms with Crippen LogP contribution >= 0.6 is 0 Å². The molecule has 2 amide bonds. The summed E-state index contributed by atoms with van der Waals surface area (Å²) in [6.07, 6.45) is 0.670. The second-order valence-electron chi connectivity index (χ2n) is 7.08. The largest absolute Gasteiger partial charge is 0.399 e. The number of hydrogen-bond acceptors (Lipinski definition) is 6. The number of rotatable bonds is 5. The van der Waals surface area contributed by atoms with Crippen molar-refractivity contribution < 1.29 is 23.8 Å². The minimum Gasteiger partial charge on any atom is -0.399 e. The number of hydroxylamine groups is 2. The number of nitrogen functional groups attached to an aromatic ring is 2. The predicted molar refractivity (Wildman–Crippen MR) is 107 cm³/mol. The average molecular weight is 393 g/mol. The highest BCUT2D eigenvalue weighted by Crippen LogP contribution is 2.22. The standard InChI is InChI=1S/C21H20N4O4/c22-15-5-3-13-10-14-4-6-16(23)12-18(14)24(17(13)11-15)9-1-2-21(28)29-25-19(26)7-8-20(25)27/h3-6,10-12H,1-2,7-9H2,(H3,22,23)/p+1. The topological polar surface area (TPSA) is 120 Å². The summed E-state index contributed by atoms with van der Waals surface area (Å²) < 4.78 is 2.07. The molecule has 1 aliphatic rings. The molecule has 4 N–H and O–H groups in total. The molecule has 0 atom stereocenters. The van der Waals surface area contributed by atoms with Crippen molar-refractivity contribution >= 4 is 51.0 Å². The predicted octanol–water partition coefficient (Wildman–Crippen LogP) is 1.83. The third-order valence-electron chi connectivity index (χ3n) is 4.96. The highest BCUT2D eigenvalue weighted by Gasteiger charge is 2.32. The van der Waals surface area contributed by atoms with Crippen molar-refractivity contribution in [2.45, 2.75) is 32.2 Å². The molecule has 2 heterocycles. The molecule has 0 bridgehead atoms. The number of nitrogens with two attached hydrogens (primary N) is 2. The van der Waals surface area contributed by atoms with Gasteiger partial charge in [0.2, 0.25) is 11.0 Å². The first-order chi connectivity index (χ1) is 13.9. The number of anilines is 2. The van der Waals surface area contributed by atoms with Gasteiger partial charge in [-0.1, -0.05) is 0 Å². The van der Waals surface area contributed by atoms with Crippen molar-refractivity contribution in [2.24, 2.45) is 0 Å². The minimum atomic E-state index is -0.613. The number of amides is 2. The van der Waals surface area contributed by atoms with Gasteiger partial charge in [0, 0.05) is 53.5 Å². The lowest BCUT2D eigenvalue weighted by Gasteiger charge is -2.12. The Morgan fingerprint density at radius 1 is 0.931 bits per heavy atom. The summed E-state index contributed by atoms with van der Waals surface area (Å²) in [5.41, 5.74) is 15.1. The maximum absolute atomic E-state index is 12.1. The quantitative estimate of drug-likeness (QED) is 0.295. The fourth-order valence-corrected chi connectivity index (χ4v) is 3.56. The molecule has 8 heteroatoms. The Labute approximate surface area is 166 Å².